The van der Waals surface area contributed by atoms with Gasteiger partial charge in [0.05, 0.1) is 0 Å². The molecule has 0 saturated carbocycles. The fourth-order valence-corrected chi connectivity index (χ4v) is 2.52. The second-order valence-electron chi connectivity index (χ2n) is 5.90. The average molecular weight is 289 g/mol. The van der Waals surface area contributed by atoms with Crippen molar-refractivity contribution >= 4 is 11.7 Å². The Morgan fingerprint density at radius 3 is 2.57 bits per heavy atom. The zero-order chi connectivity index (χ0) is 15.2. The van der Waals surface area contributed by atoms with Crippen LogP contribution in [0.2, 0.25) is 0 Å². The number of amides is 1. The van der Waals surface area contributed by atoms with Gasteiger partial charge in [-0.15, -0.1) is 0 Å². The summed E-state index contributed by atoms with van der Waals surface area (Å²) in [4.78, 5) is 24.6. The number of ketones is 1. The van der Waals surface area contributed by atoms with E-state index in [0.717, 1.165) is 18.6 Å². The van der Waals surface area contributed by atoms with Crippen molar-refractivity contribution < 1.29 is 14.3 Å². The summed E-state index contributed by atoms with van der Waals surface area (Å²) < 4.78 is 5.29. The molecule has 1 heterocycles. The maximum atomic E-state index is 12.4. The second kappa shape index (κ2) is 7.36. The van der Waals surface area contributed by atoms with E-state index in [1.54, 1.807) is 0 Å². The number of rotatable bonds is 6. The van der Waals surface area contributed by atoms with Gasteiger partial charge in [-0.3, -0.25) is 9.59 Å². The molecule has 4 nitrogen and oxygen atoms in total. The molecule has 2 rings (SSSR count). The molecule has 0 aliphatic carbocycles. The van der Waals surface area contributed by atoms with Crippen LogP contribution in [0.3, 0.4) is 0 Å². The first-order chi connectivity index (χ1) is 10.1. The van der Waals surface area contributed by atoms with E-state index in [0.29, 0.717) is 13.0 Å². The minimum absolute atomic E-state index is 0.0391. The summed E-state index contributed by atoms with van der Waals surface area (Å²) in [5, 5.41) is 2.90. The average Bonchev–Trinajstić information content (AvgIpc) is 2.97. The number of nitrogens with one attached hydrogen (secondary N) is 1. The maximum absolute atomic E-state index is 12.4. The second-order valence-corrected chi connectivity index (χ2v) is 5.90. The molecule has 0 spiro atoms. The van der Waals surface area contributed by atoms with Crippen LogP contribution in [0.1, 0.15) is 38.3 Å². The number of carbonyl (C=O) groups is 2. The van der Waals surface area contributed by atoms with Crippen LogP contribution < -0.4 is 5.32 Å². The third kappa shape index (κ3) is 4.39. The first kappa shape index (κ1) is 15.7. The van der Waals surface area contributed by atoms with E-state index < -0.39 is 6.04 Å². The molecule has 2 atom stereocenters. The molecular formula is C17H23NO3. The SMILES string of the molecule is CC(C)C(=O)C(NC(=O)CC1CCOC1)c1ccccc1. The van der Waals surface area contributed by atoms with Gasteiger partial charge in [-0.05, 0) is 17.9 Å². The van der Waals surface area contributed by atoms with Crippen LogP contribution in [0.5, 0.6) is 0 Å². The summed E-state index contributed by atoms with van der Waals surface area (Å²) in [6, 6.07) is 8.87. The number of carbonyl (C=O) groups excluding carboxylic acids is 2. The highest BCUT2D eigenvalue weighted by Gasteiger charge is 2.26. The Kier molecular flexibility index (Phi) is 5.51. The van der Waals surface area contributed by atoms with Gasteiger partial charge in [0, 0.05) is 25.6 Å². The van der Waals surface area contributed by atoms with Gasteiger partial charge in [0.25, 0.3) is 0 Å². The number of benzene rings is 1. The fourth-order valence-electron chi connectivity index (χ4n) is 2.52. The van der Waals surface area contributed by atoms with Crippen LogP contribution in [0, 0.1) is 11.8 Å². The highest BCUT2D eigenvalue weighted by atomic mass is 16.5. The van der Waals surface area contributed by atoms with Gasteiger partial charge in [-0.25, -0.2) is 0 Å². The van der Waals surface area contributed by atoms with Crippen LogP contribution in [0.25, 0.3) is 0 Å². The van der Waals surface area contributed by atoms with Crippen molar-refractivity contribution in [3.63, 3.8) is 0 Å². The Hall–Kier alpha value is -1.68. The summed E-state index contributed by atoms with van der Waals surface area (Å²) >= 11 is 0. The molecule has 0 aromatic heterocycles. The van der Waals surface area contributed by atoms with Gasteiger partial charge >= 0.3 is 0 Å². The largest absolute Gasteiger partial charge is 0.381 e. The lowest BCUT2D eigenvalue weighted by Gasteiger charge is -2.20. The Morgan fingerprint density at radius 1 is 1.29 bits per heavy atom. The predicted octanol–water partition coefficient (Wildman–Crippen LogP) is 2.50. The third-order valence-corrected chi connectivity index (χ3v) is 3.79. The van der Waals surface area contributed by atoms with E-state index in [9.17, 15) is 9.59 Å². The number of ether oxygens (including phenoxy) is 1. The molecule has 1 amide bonds. The molecule has 1 aromatic rings. The Labute approximate surface area is 125 Å². The molecule has 4 heteroatoms. The molecule has 1 fully saturated rings. The minimum Gasteiger partial charge on any atom is -0.381 e. The number of hydrogen-bond donors (Lipinski definition) is 1. The van der Waals surface area contributed by atoms with E-state index in [4.69, 9.17) is 4.74 Å². The molecule has 0 bridgehead atoms. The summed E-state index contributed by atoms with van der Waals surface area (Å²) in [6.45, 7) is 5.08. The smallest absolute Gasteiger partial charge is 0.221 e. The van der Waals surface area contributed by atoms with Gasteiger partial charge in [-0.2, -0.15) is 0 Å². The molecule has 21 heavy (non-hydrogen) atoms. The Balaban J connectivity index is 2.05. The Morgan fingerprint density at radius 2 is 2.00 bits per heavy atom. The highest BCUT2D eigenvalue weighted by molar-refractivity contribution is 5.91. The third-order valence-electron chi connectivity index (χ3n) is 3.79. The molecule has 2 unspecified atom stereocenters. The number of Topliss-reactive ketones (excluding diaryl/α,β-unsaturated/α-hetero) is 1. The van der Waals surface area contributed by atoms with Crippen molar-refractivity contribution in [2.24, 2.45) is 11.8 Å². The lowest BCUT2D eigenvalue weighted by molar-refractivity contribution is -0.130. The zero-order valence-corrected chi connectivity index (χ0v) is 12.7. The van der Waals surface area contributed by atoms with Crippen LogP contribution in [0.15, 0.2) is 30.3 Å². The summed E-state index contributed by atoms with van der Waals surface area (Å²) in [7, 11) is 0. The molecule has 114 valence electrons. The molecular weight excluding hydrogens is 266 g/mol. The van der Waals surface area contributed by atoms with E-state index in [-0.39, 0.29) is 23.5 Å². The molecule has 1 N–H and O–H groups in total. The predicted molar refractivity (Wildman–Crippen MR) is 80.7 cm³/mol. The monoisotopic (exact) mass is 289 g/mol. The summed E-state index contributed by atoms with van der Waals surface area (Å²) in [6.07, 6.45) is 1.34. The number of hydrogen-bond acceptors (Lipinski definition) is 3. The maximum Gasteiger partial charge on any atom is 0.221 e. The van der Waals surface area contributed by atoms with E-state index in [2.05, 4.69) is 5.32 Å². The van der Waals surface area contributed by atoms with Gasteiger partial charge in [-0.1, -0.05) is 44.2 Å². The van der Waals surface area contributed by atoms with E-state index in [1.165, 1.54) is 0 Å². The van der Waals surface area contributed by atoms with Crippen LogP contribution in [-0.4, -0.2) is 24.9 Å². The standard InChI is InChI=1S/C17H23NO3/c1-12(2)17(20)16(14-6-4-3-5-7-14)18-15(19)10-13-8-9-21-11-13/h3-7,12-13,16H,8-11H2,1-2H3,(H,18,19). The van der Waals surface area contributed by atoms with Gasteiger partial charge in [0.15, 0.2) is 5.78 Å². The van der Waals surface area contributed by atoms with E-state index >= 15 is 0 Å². The van der Waals surface area contributed by atoms with Crippen molar-refractivity contribution in [3.05, 3.63) is 35.9 Å². The van der Waals surface area contributed by atoms with Crippen molar-refractivity contribution in [1.29, 1.82) is 0 Å². The molecule has 0 radical (unpaired) electrons. The van der Waals surface area contributed by atoms with Crippen LogP contribution >= 0.6 is 0 Å². The first-order valence-electron chi connectivity index (χ1n) is 7.53. The lowest BCUT2D eigenvalue weighted by Crippen LogP contribution is -2.36. The van der Waals surface area contributed by atoms with Gasteiger partial charge < -0.3 is 10.1 Å². The Bertz CT molecular complexity index is 478. The fraction of sp³-hybridized carbons (Fsp3) is 0.529. The summed E-state index contributed by atoms with van der Waals surface area (Å²) in [5.74, 6) is 0.117. The molecule has 1 aliphatic heterocycles. The van der Waals surface area contributed by atoms with E-state index in [1.807, 2.05) is 44.2 Å². The van der Waals surface area contributed by atoms with Crippen molar-refractivity contribution in [2.75, 3.05) is 13.2 Å². The zero-order valence-electron chi connectivity index (χ0n) is 12.7. The van der Waals surface area contributed by atoms with Crippen LogP contribution in [0.4, 0.5) is 0 Å². The summed E-state index contributed by atoms with van der Waals surface area (Å²) in [5.41, 5.74) is 0.840. The van der Waals surface area contributed by atoms with Crippen molar-refractivity contribution in [2.45, 2.75) is 32.7 Å². The molecule has 1 aliphatic rings. The van der Waals surface area contributed by atoms with Gasteiger partial charge in [0.1, 0.15) is 6.04 Å². The van der Waals surface area contributed by atoms with Gasteiger partial charge in [0.2, 0.25) is 5.91 Å². The lowest BCUT2D eigenvalue weighted by atomic mass is 9.94. The quantitative estimate of drug-likeness (QED) is 0.875. The molecule has 1 saturated heterocycles. The molecule has 1 aromatic carbocycles. The van der Waals surface area contributed by atoms with Crippen molar-refractivity contribution in [3.8, 4) is 0 Å². The topological polar surface area (TPSA) is 55.4 Å². The first-order valence-corrected chi connectivity index (χ1v) is 7.53. The van der Waals surface area contributed by atoms with Crippen LogP contribution in [-0.2, 0) is 14.3 Å². The highest BCUT2D eigenvalue weighted by Crippen LogP contribution is 2.20. The minimum atomic E-state index is -0.555. The normalized spacial score (nSPS) is 19.5. The van der Waals surface area contributed by atoms with Crippen molar-refractivity contribution in [1.82, 2.24) is 5.32 Å².